The smallest absolute Gasteiger partial charge is 0.261 e. The van der Waals surface area contributed by atoms with Crippen molar-refractivity contribution in [3.05, 3.63) is 54.3 Å². The maximum Gasteiger partial charge on any atom is 0.261 e. The van der Waals surface area contributed by atoms with E-state index in [0.717, 1.165) is 63.4 Å². The normalized spacial score (nSPS) is 20.6. The van der Waals surface area contributed by atoms with Crippen molar-refractivity contribution in [3.63, 3.8) is 0 Å². The molecule has 1 unspecified atom stereocenters. The van der Waals surface area contributed by atoms with Crippen molar-refractivity contribution < 1.29 is 17.5 Å². The van der Waals surface area contributed by atoms with Gasteiger partial charge in [-0.05, 0) is 68.8 Å². The summed E-state index contributed by atoms with van der Waals surface area (Å²) in [7, 11) is -1.56. The topological polar surface area (TPSA) is 61.9 Å². The predicted molar refractivity (Wildman–Crippen MR) is 116 cm³/mol. The molecule has 8 heteroatoms. The van der Waals surface area contributed by atoms with Crippen LogP contribution in [0.25, 0.3) is 0 Å². The summed E-state index contributed by atoms with van der Waals surface area (Å²) in [5.41, 5.74) is 1.50. The Kier molecular flexibility index (Phi) is 6.26. The van der Waals surface area contributed by atoms with Crippen LogP contribution < -0.4 is 9.62 Å². The first kappa shape index (κ1) is 21.1. The lowest BCUT2D eigenvalue weighted by atomic mass is 10.0. The molecule has 2 heterocycles. The second kappa shape index (κ2) is 8.91. The molecule has 4 rings (SSSR count). The summed E-state index contributed by atoms with van der Waals surface area (Å²) in [5, 5.41) is 0. The third-order valence-electron chi connectivity index (χ3n) is 6.11. The molecule has 2 aliphatic heterocycles. The Labute approximate surface area is 177 Å². The Morgan fingerprint density at radius 1 is 1.07 bits per heavy atom. The number of nitrogens with zero attached hydrogens (tertiary/aromatic N) is 2. The molecule has 2 fully saturated rings. The number of likely N-dealkylation sites (N-methyl/N-ethyl adjacent to an activating group) is 1. The third kappa shape index (κ3) is 4.77. The van der Waals surface area contributed by atoms with Gasteiger partial charge in [-0.1, -0.05) is 6.07 Å². The van der Waals surface area contributed by atoms with Gasteiger partial charge in [0.15, 0.2) is 0 Å². The number of hydrogen-bond donors (Lipinski definition) is 1. The zero-order valence-corrected chi connectivity index (χ0v) is 17.9. The van der Waals surface area contributed by atoms with E-state index in [1.807, 2.05) is 18.2 Å². The highest BCUT2D eigenvalue weighted by molar-refractivity contribution is 7.92. The molecule has 2 aromatic rings. The molecular formula is C22H28FN3O3S. The van der Waals surface area contributed by atoms with E-state index in [0.29, 0.717) is 17.8 Å². The Hall–Kier alpha value is -2.16. The molecule has 0 saturated carbocycles. The summed E-state index contributed by atoms with van der Waals surface area (Å²) >= 11 is 0. The van der Waals surface area contributed by atoms with E-state index < -0.39 is 15.8 Å². The van der Waals surface area contributed by atoms with E-state index in [9.17, 15) is 12.8 Å². The van der Waals surface area contributed by atoms with E-state index in [-0.39, 0.29) is 4.90 Å². The number of hydrogen-bond acceptors (Lipinski definition) is 5. The van der Waals surface area contributed by atoms with Gasteiger partial charge in [0.2, 0.25) is 0 Å². The average molecular weight is 434 g/mol. The summed E-state index contributed by atoms with van der Waals surface area (Å²) < 4.78 is 46.4. The van der Waals surface area contributed by atoms with Gasteiger partial charge in [0.1, 0.15) is 5.82 Å². The SMILES string of the molecule is CN(C1CCN(c2cccc(NS(=O)(=O)c3ccc(F)cc3)c2)CC1)C1CCOC1. The van der Waals surface area contributed by atoms with Crippen LogP contribution in [-0.4, -0.2) is 58.8 Å². The van der Waals surface area contributed by atoms with Crippen LogP contribution in [0.15, 0.2) is 53.4 Å². The first-order chi connectivity index (χ1) is 14.4. The van der Waals surface area contributed by atoms with Crippen LogP contribution in [0.2, 0.25) is 0 Å². The number of sulfonamides is 1. The zero-order chi connectivity index (χ0) is 21.1. The molecule has 1 atom stereocenters. The van der Waals surface area contributed by atoms with Gasteiger partial charge < -0.3 is 9.64 Å². The fourth-order valence-corrected chi connectivity index (χ4v) is 5.32. The second-order valence-corrected chi connectivity index (χ2v) is 9.69. The minimum atomic E-state index is -3.76. The minimum Gasteiger partial charge on any atom is -0.380 e. The lowest BCUT2D eigenvalue weighted by molar-refractivity contribution is 0.120. The van der Waals surface area contributed by atoms with Gasteiger partial charge in [0, 0.05) is 37.5 Å². The molecule has 30 heavy (non-hydrogen) atoms. The first-order valence-electron chi connectivity index (χ1n) is 10.4. The lowest BCUT2D eigenvalue weighted by Crippen LogP contribution is -2.47. The third-order valence-corrected chi connectivity index (χ3v) is 7.51. The van der Waals surface area contributed by atoms with Crippen molar-refractivity contribution in [2.45, 2.75) is 36.2 Å². The number of rotatable bonds is 6. The van der Waals surface area contributed by atoms with Crippen molar-refractivity contribution in [1.29, 1.82) is 0 Å². The van der Waals surface area contributed by atoms with E-state index >= 15 is 0 Å². The van der Waals surface area contributed by atoms with Crippen LogP contribution in [0.1, 0.15) is 19.3 Å². The summed E-state index contributed by atoms with van der Waals surface area (Å²) in [6, 6.07) is 13.3. The van der Waals surface area contributed by atoms with Crippen LogP contribution in [0, 0.1) is 5.82 Å². The molecule has 2 saturated heterocycles. The van der Waals surface area contributed by atoms with E-state index in [1.54, 1.807) is 6.07 Å². The Balaban J connectivity index is 1.39. The second-order valence-electron chi connectivity index (χ2n) is 8.01. The number of piperidine rings is 1. The number of halogens is 1. The van der Waals surface area contributed by atoms with Gasteiger partial charge in [-0.2, -0.15) is 0 Å². The van der Waals surface area contributed by atoms with Crippen molar-refractivity contribution >= 4 is 21.4 Å². The van der Waals surface area contributed by atoms with Crippen LogP contribution in [-0.2, 0) is 14.8 Å². The Bertz CT molecular complexity index is 954. The largest absolute Gasteiger partial charge is 0.380 e. The summed E-state index contributed by atoms with van der Waals surface area (Å²) in [6.45, 7) is 3.54. The number of ether oxygens (including phenoxy) is 1. The highest BCUT2D eigenvalue weighted by Crippen LogP contribution is 2.27. The average Bonchev–Trinajstić information content (AvgIpc) is 3.28. The molecule has 162 valence electrons. The van der Waals surface area contributed by atoms with E-state index in [1.165, 1.54) is 12.1 Å². The molecule has 0 aliphatic carbocycles. The summed E-state index contributed by atoms with van der Waals surface area (Å²) in [6.07, 6.45) is 3.24. The highest BCUT2D eigenvalue weighted by Gasteiger charge is 2.29. The van der Waals surface area contributed by atoms with Gasteiger partial charge in [0.05, 0.1) is 17.2 Å². The zero-order valence-electron chi connectivity index (χ0n) is 17.1. The first-order valence-corrected chi connectivity index (χ1v) is 11.8. The molecule has 0 spiro atoms. The fourth-order valence-electron chi connectivity index (χ4n) is 4.27. The van der Waals surface area contributed by atoms with Crippen LogP contribution in [0.5, 0.6) is 0 Å². The van der Waals surface area contributed by atoms with E-state index in [4.69, 9.17) is 4.74 Å². The van der Waals surface area contributed by atoms with Gasteiger partial charge >= 0.3 is 0 Å². The quantitative estimate of drug-likeness (QED) is 0.757. The molecule has 1 N–H and O–H groups in total. The number of benzene rings is 2. The predicted octanol–water partition coefficient (Wildman–Crippen LogP) is 3.32. The van der Waals surface area contributed by atoms with Crippen LogP contribution >= 0.6 is 0 Å². The van der Waals surface area contributed by atoms with Crippen molar-refractivity contribution in [2.24, 2.45) is 0 Å². The highest BCUT2D eigenvalue weighted by atomic mass is 32.2. The molecule has 0 aromatic heterocycles. The van der Waals surface area contributed by atoms with Gasteiger partial charge in [-0.15, -0.1) is 0 Å². The molecule has 6 nitrogen and oxygen atoms in total. The Morgan fingerprint density at radius 3 is 2.47 bits per heavy atom. The van der Waals surface area contributed by atoms with Crippen LogP contribution in [0.3, 0.4) is 0 Å². The van der Waals surface area contributed by atoms with Crippen molar-refractivity contribution in [1.82, 2.24) is 4.90 Å². The maximum atomic E-state index is 13.1. The monoisotopic (exact) mass is 433 g/mol. The number of anilines is 2. The minimum absolute atomic E-state index is 0.0362. The summed E-state index contributed by atoms with van der Waals surface area (Å²) in [5.74, 6) is -0.467. The van der Waals surface area contributed by atoms with E-state index in [2.05, 4.69) is 21.6 Å². The number of nitrogens with one attached hydrogen (secondary N) is 1. The van der Waals surface area contributed by atoms with Gasteiger partial charge in [0.25, 0.3) is 10.0 Å². The molecule has 0 amide bonds. The molecule has 0 bridgehead atoms. The van der Waals surface area contributed by atoms with Crippen molar-refractivity contribution in [2.75, 3.05) is 43.0 Å². The molecular weight excluding hydrogens is 405 g/mol. The Morgan fingerprint density at radius 2 is 1.80 bits per heavy atom. The molecule has 2 aliphatic rings. The molecule has 0 radical (unpaired) electrons. The fraction of sp³-hybridized carbons (Fsp3) is 0.455. The summed E-state index contributed by atoms with van der Waals surface area (Å²) in [4.78, 5) is 4.80. The standard InChI is InChI=1S/C22H28FN3O3S/c1-25(21-11-14-29-16-21)19-9-12-26(13-10-19)20-4-2-3-18(15-20)24-30(27,28)22-7-5-17(23)6-8-22/h2-8,15,19,21,24H,9-14,16H2,1H3. The lowest BCUT2D eigenvalue weighted by Gasteiger charge is -2.40. The molecule has 2 aromatic carbocycles. The maximum absolute atomic E-state index is 13.1. The van der Waals surface area contributed by atoms with Gasteiger partial charge in [-0.3, -0.25) is 9.62 Å². The van der Waals surface area contributed by atoms with Crippen molar-refractivity contribution in [3.8, 4) is 0 Å². The van der Waals surface area contributed by atoms with Crippen LogP contribution in [0.4, 0.5) is 15.8 Å². The van der Waals surface area contributed by atoms with Gasteiger partial charge in [-0.25, -0.2) is 12.8 Å².